The van der Waals surface area contributed by atoms with E-state index in [1.165, 1.54) is 29.6 Å². The first-order valence-electron chi connectivity index (χ1n) is 12.8. The molecule has 11 nitrogen and oxygen atoms in total. The second-order valence-corrected chi connectivity index (χ2v) is 13.4. The van der Waals surface area contributed by atoms with E-state index in [2.05, 4.69) is 10.0 Å². The van der Waals surface area contributed by atoms with E-state index < -0.39 is 31.9 Å². The molecular formula is C27H31N3O8S2. The number of sulfonamides is 2. The Kier molecular flexibility index (Phi) is 8.04. The molecule has 2 heterocycles. The Hall–Kier alpha value is -3.20. The number of aliphatic hydroxyl groups excluding tert-OH is 1. The van der Waals surface area contributed by atoms with Crippen molar-refractivity contribution in [1.29, 1.82) is 0 Å². The Labute approximate surface area is 232 Å². The molecule has 3 aromatic carbocycles. The molecule has 4 aromatic rings. The SMILES string of the molecule is CNS(=O)(=O)c1cc(OCC(O)CNC2CCN(S(=O)(=O)c3ccc4oc5ccccc5c4c3)CC2)ccc1O. The van der Waals surface area contributed by atoms with E-state index in [1.807, 2.05) is 24.3 Å². The van der Waals surface area contributed by atoms with Crippen LogP contribution in [0, 0.1) is 0 Å². The van der Waals surface area contributed by atoms with E-state index in [0.29, 0.717) is 37.1 Å². The molecule has 1 aliphatic rings. The van der Waals surface area contributed by atoms with Gasteiger partial charge in [-0.25, -0.2) is 21.6 Å². The largest absolute Gasteiger partial charge is 0.507 e. The van der Waals surface area contributed by atoms with Crippen LogP contribution in [0.5, 0.6) is 11.5 Å². The molecule has 1 aliphatic heterocycles. The minimum atomic E-state index is -3.87. The summed E-state index contributed by atoms with van der Waals surface area (Å²) >= 11 is 0. The number of nitrogens with zero attached hydrogens (tertiary/aromatic N) is 1. The zero-order valence-corrected chi connectivity index (χ0v) is 23.4. The predicted molar refractivity (Wildman–Crippen MR) is 149 cm³/mol. The normalized spacial score (nSPS) is 16.4. The van der Waals surface area contributed by atoms with Crippen LogP contribution in [0.3, 0.4) is 0 Å². The molecule has 0 spiro atoms. The first-order valence-corrected chi connectivity index (χ1v) is 15.7. The van der Waals surface area contributed by atoms with Crippen LogP contribution in [0.25, 0.3) is 21.9 Å². The van der Waals surface area contributed by atoms with Crippen LogP contribution in [-0.4, -0.2) is 76.8 Å². The fraction of sp³-hybridized carbons (Fsp3) is 0.333. The van der Waals surface area contributed by atoms with Crippen molar-refractivity contribution in [3.8, 4) is 11.5 Å². The van der Waals surface area contributed by atoms with Gasteiger partial charge in [-0.05, 0) is 56.3 Å². The second-order valence-electron chi connectivity index (χ2n) is 9.64. The van der Waals surface area contributed by atoms with Gasteiger partial charge in [-0.1, -0.05) is 18.2 Å². The van der Waals surface area contributed by atoms with Gasteiger partial charge in [0.25, 0.3) is 0 Å². The van der Waals surface area contributed by atoms with Crippen molar-refractivity contribution in [3.63, 3.8) is 0 Å². The summed E-state index contributed by atoms with van der Waals surface area (Å²) in [5, 5.41) is 25.1. The Morgan fingerprint density at radius 1 is 1.00 bits per heavy atom. The van der Waals surface area contributed by atoms with Crippen LogP contribution >= 0.6 is 0 Å². The van der Waals surface area contributed by atoms with E-state index in [1.54, 1.807) is 18.2 Å². The number of phenols is 1. The van der Waals surface area contributed by atoms with Crippen LogP contribution in [0.1, 0.15) is 12.8 Å². The van der Waals surface area contributed by atoms with E-state index in [0.717, 1.165) is 10.8 Å². The maximum absolute atomic E-state index is 13.4. The minimum absolute atomic E-state index is 0.0162. The zero-order valence-electron chi connectivity index (χ0n) is 21.8. The molecule has 40 heavy (non-hydrogen) atoms. The summed E-state index contributed by atoms with van der Waals surface area (Å²) in [6.45, 7) is 0.788. The number of benzene rings is 3. The Morgan fingerprint density at radius 3 is 2.48 bits per heavy atom. The number of piperidine rings is 1. The Bertz CT molecular complexity index is 1730. The maximum atomic E-state index is 13.4. The molecule has 13 heteroatoms. The van der Waals surface area contributed by atoms with Crippen molar-refractivity contribution in [2.24, 2.45) is 0 Å². The van der Waals surface area contributed by atoms with E-state index >= 15 is 0 Å². The summed E-state index contributed by atoms with van der Waals surface area (Å²) in [7, 11) is -6.32. The minimum Gasteiger partial charge on any atom is -0.507 e. The third-order valence-corrected chi connectivity index (χ3v) is 10.4. The van der Waals surface area contributed by atoms with Gasteiger partial charge >= 0.3 is 0 Å². The Balaban J connectivity index is 1.13. The van der Waals surface area contributed by atoms with Crippen molar-refractivity contribution in [3.05, 3.63) is 60.7 Å². The number of hydrogen-bond acceptors (Lipinski definition) is 9. The van der Waals surface area contributed by atoms with Crippen molar-refractivity contribution < 1.29 is 36.2 Å². The second kappa shape index (κ2) is 11.4. The number of phenolic OH excluding ortho intramolecular Hbond substituents is 1. The van der Waals surface area contributed by atoms with Gasteiger partial charge in [0.1, 0.15) is 40.3 Å². The van der Waals surface area contributed by atoms with Gasteiger partial charge in [0.2, 0.25) is 20.0 Å². The summed E-state index contributed by atoms with van der Waals surface area (Å²) < 4.78 is 65.7. The number of nitrogens with one attached hydrogen (secondary N) is 2. The smallest absolute Gasteiger partial charge is 0.244 e. The zero-order chi connectivity index (χ0) is 28.5. The number of hydrogen-bond donors (Lipinski definition) is 4. The van der Waals surface area contributed by atoms with Crippen LogP contribution in [0.2, 0.25) is 0 Å². The fourth-order valence-corrected chi connectivity index (χ4v) is 7.11. The first kappa shape index (κ1) is 28.3. The molecule has 5 rings (SSSR count). The molecule has 1 fully saturated rings. The first-order chi connectivity index (χ1) is 19.1. The maximum Gasteiger partial charge on any atom is 0.244 e. The molecule has 1 aromatic heterocycles. The van der Waals surface area contributed by atoms with E-state index in [9.17, 15) is 27.0 Å². The summed E-state index contributed by atoms with van der Waals surface area (Å²) in [6, 6.07) is 16.3. The van der Waals surface area contributed by atoms with Gasteiger partial charge in [-0.15, -0.1) is 0 Å². The molecule has 1 unspecified atom stereocenters. The lowest BCUT2D eigenvalue weighted by atomic mass is 10.1. The molecule has 0 saturated carbocycles. The van der Waals surface area contributed by atoms with E-state index in [-0.39, 0.29) is 34.7 Å². The molecule has 0 aliphatic carbocycles. The lowest BCUT2D eigenvalue weighted by Crippen LogP contribution is -2.47. The van der Waals surface area contributed by atoms with Gasteiger partial charge in [-0.2, -0.15) is 4.31 Å². The summed E-state index contributed by atoms with van der Waals surface area (Å²) in [4.78, 5) is -0.0923. The monoisotopic (exact) mass is 589 g/mol. The van der Waals surface area contributed by atoms with Gasteiger partial charge in [-0.3, -0.25) is 0 Å². The molecule has 1 atom stereocenters. The molecule has 1 saturated heterocycles. The quantitative estimate of drug-likeness (QED) is 0.218. The number of fused-ring (bicyclic) bond motifs is 3. The number of para-hydroxylation sites is 1. The third-order valence-electron chi connectivity index (χ3n) is 7.01. The summed E-state index contributed by atoms with van der Waals surface area (Å²) in [5.74, 6) is -0.224. The summed E-state index contributed by atoms with van der Waals surface area (Å²) in [6.07, 6.45) is 0.260. The van der Waals surface area contributed by atoms with Gasteiger partial charge in [0.15, 0.2) is 0 Å². The number of aromatic hydroxyl groups is 1. The van der Waals surface area contributed by atoms with Crippen molar-refractivity contribution in [2.75, 3.05) is 33.3 Å². The van der Waals surface area contributed by atoms with Crippen LogP contribution in [-0.2, 0) is 20.0 Å². The highest BCUT2D eigenvalue weighted by Crippen LogP contribution is 2.32. The van der Waals surface area contributed by atoms with Crippen molar-refractivity contribution in [1.82, 2.24) is 14.3 Å². The molecular weight excluding hydrogens is 558 g/mol. The topological polar surface area (TPSA) is 158 Å². The average Bonchev–Trinajstić information content (AvgIpc) is 3.34. The number of rotatable bonds is 10. The molecule has 0 bridgehead atoms. The van der Waals surface area contributed by atoms with Crippen LogP contribution in [0.15, 0.2) is 74.9 Å². The number of aliphatic hydroxyl groups is 1. The van der Waals surface area contributed by atoms with Crippen LogP contribution in [0.4, 0.5) is 0 Å². The number of ether oxygens (including phenoxy) is 1. The van der Waals surface area contributed by atoms with E-state index in [4.69, 9.17) is 9.15 Å². The third kappa shape index (κ3) is 5.80. The lowest BCUT2D eigenvalue weighted by Gasteiger charge is -2.32. The predicted octanol–water partition coefficient (Wildman–Crippen LogP) is 2.38. The highest BCUT2D eigenvalue weighted by molar-refractivity contribution is 7.89. The molecule has 0 radical (unpaired) electrons. The van der Waals surface area contributed by atoms with Crippen molar-refractivity contribution >= 4 is 42.0 Å². The fourth-order valence-electron chi connectivity index (χ4n) is 4.78. The average molecular weight is 590 g/mol. The molecule has 4 N–H and O–H groups in total. The standard InChI is InChI=1S/C27H31N3O8S2/c1-28-39(33,34)27-14-20(6-8-24(27)32)37-17-19(31)16-29-18-10-12-30(13-11-18)40(35,36)21-7-9-26-23(15-21)22-4-2-3-5-25(22)38-26/h2-9,14-15,18-19,28-29,31-32H,10-13,16-17H2,1H3. The highest BCUT2D eigenvalue weighted by atomic mass is 32.2. The lowest BCUT2D eigenvalue weighted by molar-refractivity contribution is 0.101. The van der Waals surface area contributed by atoms with Crippen LogP contribution < -0.4 is 14.8 Å². The Morgan fingerprint density at radius 2 is 1.73 bits per heavy atom. The summed E-state index contributed by atoms with van der Waals surface area (Å²) in [5.41, 5.74) is 1.35. The number of furan rings is 1. The highest BCUT2D eigenvalue weighted by Gasteiger charge is 2.30. The van der Waals surface area contributed by atoms with Gasteiger partial charge in [0.05, 0.1) is 4.90 Å². The van der Waals surface area contributed by atoms with Gasteiger partial charge < -0.3 is 24.7 Å². The molecule has 0 amide bonds. The molecule has 214 valence electrons. The van der Waals surface area contributed by atoms with Gasteiger partial charge in [0, 0.05) is 42.5 Å². The van der Waals surface area contributed by atoms with Crippen molar-refractivity contribution in [2.45, 2.75) is 34.8 Å².